The maximum absolute atomic E-state index is 11.9. The zero-order valence-corrected chi connectivity index (χ0v) is 20.9. The van der Waals surface area contributed by atoms with Crippen molar-refractivity contribution in [3.05, 3.63) is 35.9 Å². The molecule has 0 amide bonds. The highest BCUT2D eigenvalue weighted by atomic mass is 16.7. The molecule has 2 unspecified atom stereocenters. The molecule has 202 valence electrons. The minimum Gasteiger partial charge on any atom is -0.463 e. The van der Waals surface area contributed by atoms with Gasteiger partial charge in [-0.1, -0.05) is 18.2 Å². The van der Waals surface area contributed by atoms with E-state index < -0.39 is 60.9 Å². The molecule has 0 bridgehead atoms. The molecule has 0 aromatic heterocycles. The lowest BCUT2D eigenvalue weighted by Crippen LogP contribution is -2.63. The summed E-state index contributed by atoms with van der Waals surface area (Å²) in [5.74, 6) is -2.41. The molecule has 0 N–H and O–H groups in total. The molecule has 0 saturated carbocycles. The number of carbonyl (C=O) groups excluding carboxylic acids is 4. The minimum atomic E-state index is -1.31. The van der Waals surface area contributed by atoms with Gasteiger partial charge in [0.2, 0.25) is 12.4 Å². The first-order valence-corrected chi connectivity index (χ1v) is 11.6. The molecule has 2 heterocycles. The van der Waals surface area contributed by atoms with E-state index in [1.165, 1.54) is 6.92 Å². The summed E-state index contributed by atoms with van der Waals surface area (Å²) in [5.41, 5.74) is 0.841. The second-order valence-corrected chi connectivity index (χ2v) is 8.22. The van der Waals surface area contributed by atoms with Crippen LogP contribution in [-0.4, -0.2) is 80.7 Å². The lowest BCUT2D eigenvalue weighted by Gasteiger charge is -2.43. The topological polar surface area (TPSA) is 142 Å². The largest absolute Gasteiger partial charge is 0.463 e. The predicted molar refractivity (Wildman–Crippen MR) is 124 cm³/mol. The predicted octanol–water partition coefficient (Wildman–Crippen LogP) is 1.53. The minimum absolute atomic E-state index is 0.339. The Morgan fingerprint density at radius 3 is 1.95 bits per heavy atom. The standard InChI is InChI=1S/C25H30O12/c1-14(26)32-13-20-22(33-15(2)27)23(34-16(3)28)24(35-17(4)29)25(37-20)36-19-8-5-18(6-9-19)7-10-21-30-11-12-31-21/h5-10,20-25H,11-13H2,1-4H3/b10-7+/t20?,22-,23?,24-,25+/m0/s1. The molecule has 12 heteroatoms. The third-order valence-electron chi connectivity index (χ3n) is 5.17. The zero-order valence-electron chi connectivity index (χ0n) is 20.9. The Kier molecular flexibility index (Phi) is 10.0. The summed E-state index contributed by atoms with van der Waals surface area (Å²) in [6.45, 7) is 5.40. The fraction of sp³-hybridized carbons (Fsp3) is 0.520. The highest BCUT2D eigenvalue weighted by Crippen LogP contribution is 2.31. The van der Waals surface area contributed by atoms with Crippen LogP contribution >= 0.6 is 0 Å². The van der Waals surface area contributed by atoms with Crippen LogP contribution in [0.4, 0.5) is 0 Å². The Morgan fingerprint density at radius 2 is 1.38 bits per heavy atom. The monoisotopic (exact) mass is 522 g/mol. The van der Waals surface area contributed by atoms with Crippen molar-refractivity contribution in [1.82, 2.24) is 0 Å². The van der Waals surface area contributed by atoms with E-state index >= 15 is 0 Å². The average Bonchev–Trinajstić information content (AvgIpc) is 3.34. The van der Waals surface area contributed by atoms with Crippen LogP contribution in [0.3, 0.4) is 0 Å². The molecule has 12 nitrogen and oxygen atoms in total. The summed E-state index contributed by atoms with van der Waals surface area (Å²) in [7, 11) is 0. The fourth-order valence-electron chi connectivity index (χ4n) is 3.75. The SMILES string of the molecule is CC(=O)OCC1O[C@@H](Oc2ccc(/C=C/C3OCCO3)cc2)[C@@H](OC(C)=O)C(OC(C)=O)[C@H]1OC(C)=O. The van der Waals surface area contributed by atoms with Crippen LogP contribution in [0.25, 0.3) is 6.08 Å². The van der Waals surface area contributed by atoms with E-state index in [4.69, 9.17) is 37.9 Å². The van der Waals surface area contributed by atoms with Crippen molar-refractivity contribution in [1.29, 1.82) is 0 Å². The molecular formula is C25H30O12. The van der Waals surface area contributed by atoms with Crippen molar-refractivity contribution >= 4 is 30.0 Å². The summed E-state index contributed by atoms with van der Waals surface area (Å²) in [6, 6.07) is 6.85. The van der Waals surface area contributed by atoms with E-state index in [1.807, 2.05) is 6.08 Å². The summed E-state index contributed by atoms with van der Waals surface area (Å²) in [6.07, 6.45) is -3.05. The Labute approximate surface area is 213 Å². The van der Waals surface area contributed by atoms with Crippen LogP contribution in [0.1, 0.15) is 33.3 Å². The number of hydrogen-bond donors (Lipinski definition) is 0. The van der Waals surface area contributed by atoms with Crippen LogP contribution in [0.2, 0.25) is 0 Å². The lowest BCUT2D eigenvalue weighted by molar-refractivity contribution is -0.288. The molecule has 1 aromatic carbocycles. The Hall–Kier alpha value is -3.48. The van der Waals surface area contributed by atoms with E-state index in [9.17, 15) is 19.2 Å². The van der Waals surface area contributed by atoms with E-state index in [1.54, 1.807) is 30.3 Å². The first kappa shape index (κ1) is 28.1. The van der Waals surface area contributed by atoms with E-state index in [0.29, 0.717) is 19.0 Å². The maximum Gasteiger partial charge on any atom is 0.303 e. The van der Waals surface area contributed by atoms with Crippen LogP contribution in [0, 0.1) is 0 Å². The molecule has 2 fully saturated rings. The second kappa shape index (κ2) is 13.2. The smallest absolute Gasteiger partial charge is 0.303 e. The van der Waals surface area contributed by atoms with Gasteiger partial charge in [-0.3, -0.25) is 19.2 Å². The Morgan fingerprint density at radius 1 is 0.811 bits per heavy atom. The van der Waals surface area contributed by atoms with Gasteiger partial charge in [0.25, 0.3) is 0 Å². The lowest BCUT2D eigenvalue weighted by atomic mass is 9.98. The van der Waals surface area contributed by atoms with Gasteiger partial charge in [-0.2, -0.15) is 0 Å². The Bertz CT molecular complexity index is 982. The van der Waals surface area contributed by atoms with Crippen LogP contribution < -0.4 is 4.74 Å². The first-order valence-electron chi connectivity index (χ1n) is 11.6. The average molecular weight is 523 g/mol. The quantitative estimate of drug-likeness (QED) is 0.343. The summed E-state index contributed by atoms with van der Waals surface area (Å²) in [5, 5.41) is 0. The van der Waals surface area contributed by atoms with Crippen molar-refractivity contribution in [2.75, 3.05) is 19.8 Å². The van der Waals surface area contributed by atoms with Gasteiger partial charge >= 0.3 is 23.9 Å². The highest BCUT2D eigenvalue weighted by Gasteiger charge is 2.53. The number of ether oxygens (including phenoxy) is 8. The molecule has 2 aliphatic heterocycles. The molecule has 5 atom stereocenters. The molecular weight excluding hydrogens is 492 g/mol. The number of esters is 4. The molecule has 37 heavy (non-hydrogen) atoms. The van der Waals surface area contributed by atoms with Crippen molar-refractivity contribution in [2.45, 2.75) is 64.7 Å². The van der Waals surface area contributed by atoms with Crippen molar-refractivity contribution in [2.24, 2.45) is 0 Å². The fourth-order valence-corrected chi connectivity index (χ4v) is 3.75. The molecule has 2 saturated heterocycles. The maximum atomic E-state index is 11.9. The number of hydrogen-bond acceptors (Lipinski definition) is 12. The van der Waals surface area contributed by atoms with Gasteiger partial charge in [0, 0.05) is 27.7 Å². The summed E-state index contributed by atoms with van der Waals surface area (Å²) < 4.78 is 43.8. The Balaban J connectivity index is 1.85. The van der Waals surface area contributed by atoms with Gasteiger partial charge in [0.1, 0.15) is 18.5 Å². The molecule has 0 radical (unpaired) electrons. The highest BCUT2D eigenvalue weighted by molar-refractivity contribution is 5.68. The molecule has 2 aliphatic rings. The number of rotatable bonds is 9. The van der Waals surface area contributed by atoms with E-state index in [-0.39, 0.29) is 6.61 Å². The van der Waals surface area contributed by atoms with E-state index in [2.05, 4.69) is 0 Å². The van der Waals surface area contributed by atoms with Crippen molar-refractivity contribution in [3.8, 4) is 5.75 Å². The molecule has 1 aromatic rings. The number of carbonyl (C=O) groups is 4. The third kappa shape index (κ3) is 8.55. The van der Waals surface area contributed by atoms with Crippen molar-refractivity contribution in [3.63, 3.8) is 0 Å². The summed E-state index contributed by atoms with van der Waals surface area (Å²) >= 11 is 0. The normalized spacial score (nSPS) is 25.9. The second-order valence-electron chi connectivity index (χ2n) is 8.22. The van der Waals surface area contributed by atoms with Gasteiger partial charge in [-0.05, 0) is 23.8 Å². The van der Waals surface area contributed by atoms with Gasteiger partial charge in [0.05, 0.1) is 13.2 Å². The van der Waals surface area contributed by atoms with Crippen LogP contribution in [-0.2, 0) is 52.3 Å². The molecule has 0 aliphatic carbocycles. The molecule has 3 rings (SSSR count). The van der Waals surface area contributed by atoms with Gasteiger partial charge in [-0.25, -0.2) is 0 Å². The van der Waals surface area contributed by atoms with Crippen LogP contribution in [0.5, 0.6) is 5.75 Å². The van der Waals surface area contributed by atoms with Gasteiger partial charge < -0.3 is 37.9 Å². The van der Waals surface area contributed by atoms with E-state index in [0.717, 1.165) is 26.3 Å². The molecule has 0 spiro atoms. The number of benzene rings is 1. The van der Waals surface area contributed by atoms with Gasteiger partial charge in [-0.15, -0.1) is 0 Å². The summed E-state index contributed by atoms with van der Waals surface area (Å²) in [4.78, 5) is 47.1. The van der Waals surface area contributed by atoms with Crippen molar-refractivity contribution < 1.29 is 57.1 Å². The zero-order chi connectivity index (χ0) is 26.9. The van der Waals surface area contributed by atoms with Crippen LogP contribution in [0.15, 0.2) is 30.3 Å². The third-order valence-corrected chi connectivity index (χ3v) is 5.17. The van der Waals surface area contributed by atoms with Gasteiger partial charge in [0.15, 0.2) is 18.5 Å². The first-order chi connectivity index (χ1) is 17.6.